The van der Waals surface area contributed by atoms with Gasteiger partial charge in [0.2, 0.25) is 0 Å². The van der Waals surface area contributed by atoms with Gasteiger partial charge < -0.3 is 20.3 Å². The molecule has 2 aliphatic rings. The van der Waals surface area contributed by atoms with Gasteiger partial charge in [0.1, 0.15) is 0 Å². The van der Waals surface area contributed by atoms with Gasteiger partial charge in [-0.3, -0.25) is 0 Å². The van der Waals surface area contributed by atoms with E-state index in [0.29, 0.717) is 32.6 Å². The van der Waals surface area contributed by atoms with E-state index in [0.717, 1.165) is 13.0 Å². The maximum Gasteiger partial charge on any atom is 0.0785 e. The maximum absolute atomic E-state index is 10.8. The minimum Gasteiger partial charge on any atom is -0.389 e. The number of nitrogens with two attached hydrogens (primary N) is 1. The molecule has 0 spiro atoms. The lowest BCUT2D eigenvalue weighted by molar-refractivity contribution is -0.162. The normalized spacial score (nSPS) is 47.0. The molecule has 2 aliphatic heterocycles. The number of ether oxygens (including phenoxy) is 2. The van der Waals surface area contributed by atoms with Gasteiger partial charge in [0, 0.05) is 38.0 Å². The van der Waals surface area contributed by atoms with Gasteiger partial charge >= 0.3 is 0 Å². The third-order valence-corrected chi connectivity index (χ3v) is 4.02. The third-order valence-electron chi connectivity index (χ3n) is 4.02. The van der Waals surface area contributed by atoms with Gasteiger partial charge in [-0.1, -0.05) is 0 Å². The third kappa shape index (κ3) is 1.80. The summed E-state index contributed by atoms with van der Waals surface area (Å²) in [7, 11) is 0. The van der Waals surface area contributed by atoms with E-state index >= 15 is 0 Å². The zero-order valence-corrected chi connectivity index (χ0v) is 9.37. The molecule has 2 heterocycles. The van der Waals surface area contributed by atoms with Gasteiger partial charge in [-0.2, -0.15) is 0 Å². The number of hydrogen-bond donors (Lipinski definition) is 2. The molecule has 4 heteroatoms. The Hall–Kier alpha value is -0.160. The molecule has 0 amide bonds. The summed E-state index contributed by atoms with van der Waals surface area (Å²) in [5.41, 5.74) is 4.91. The lowest BCUT2D eigenvalue weighted by Crippen LogP contribution is -2.57. The van der Waals surface area contributed by atoms with Crippen molar-refractivity contribution in [2.24, 2.45) is 11.1 Å². The van der Waals surface area contributed by atoms with Crippen molar-refractivity contribution in [2.45, 2.75) is 37.9 Å². The smallest absolute Gasteiger partial charge is 0.0785 e. The lowest BCUT2D eigenvalue weighted by atomic mass is 9.66. The molecular formula is C11H21NO3. The Kier molecular flexibility index (Phi) is 3.03. The second-order valence-electron chi connectivity index (χ2n) is 4.95. The fourth-order valence-corrected chi connectivity index (χ4v) is 2.87. The van der Waals surface area contributed by atoms with E-state index in [1.54, 1.807) is 0 Å². The van der Waals surface area contributed by atoms with Crippen molar-refractivity contribution in [3.05, 3.63) is 0 Å². The zero-order chi connectivity index (χ0) is 10.9. The Bertz CT molecular complexity index is 228. The standard InChI is InChI=1S/C11H21NO3/c1-9-6-11(13,3-5-15-9)10(7-12)2-4-14-8-10/h9,13H,2-8,12H2,1H3. The summed E-state index contributed by atoms with van der Waals surface area (Å²) in [6, 6.07) is 0. The van der Waals surface area contributed by atoms with Crippen LogP contribution in [-0.4, -0.2) is 43.2 Å². The molecular weight excluding hydrogens is 194 g/mol. The molecule has 0 aromatic heterocycles. The van der Waals surface area contributed by atoms with Crippen molar-refractivity contribution in [3.63, 3.8) is 0 Å². The highest BCUT2D eigenvalue weighted by molar-refractivity contribution is 5.03. The highest BCUT2D eigenvalue weighted by Gasteiger charge is 2.53. The summed E-state index contributed by atoms with van der Waals surface area (Å²) in [6.07, 6.45) is 2.34. The Morgan fingerprint density at radius 1 is 1.40 bits per heavy atom. The van der Waals surface area contributed by atoms with Crippen LogP contribution in [0.1, 0.15) is 26.2 Å². The van der Waals surface area contributed by atoms with Crippen LogP contribution >= 0.6 is 0 Å². The zero-order valence-electron chi connectivity index (χ0n) is 9.37. The summed E-state index contributed by atoms with van der Waals surface area (Å²) >= 11 is 0. The molecule has 0 saturated carbocycles. The van der Waals surface area contributed by atoms with E-state index in [1.165, 1.54) is 0 Å². The summed E-state index contributed by atoms with van der Waals surface area (Å²) in [5.74, 6) is 0. The van der Waals surface area contributed by atoms with Crippen LogP contribution in [0, 0.1) is 5.41 Å². The molecule has 3 unspecified atom stereocenters. The van der Waals surface area contributed by atoms with E-state index in [-0.39, 0.29) is 11.5 Å². The molecule has 2 saturated heterocycles. The van der Waals surface area contributed by atoms with Crippen molar-refractivity contribution in [3.8, 4) is 0 Å². The SMILES string of the molecule is CC1CC(O)(C2(CN)CCOC2)CCO1. The van der Waals surface area contributed by atoms with Gasteiger partial charge in [0.15, 0.2) is 0 Å². The Labute approximate surface area is 90.7 Å². The number of aliphatic hydroxyl groups is 1. The van der Waals surface area contributed by atoms with Gasteiger partial charge in [-0.05, 0) is 13.3 Å². The first-order valence-corrected chi connectivity index (χ1v) is 5.74. The van der Waals surface area contributed by atoms with E-state index in [2.05, 4.69) is 0 Å². The van der Waals surface area contributed by atoms with Crippen molar-refractivity contribution >= 4 is 0 Å². The minimum absolute atomic E-state index is 0.118. The summed E-state index contributed by atoms with van der Waals surface area (Å²) < 4.78 is 10.9. The highest BCUT2D eigenvalue weighted by atomic mass is 16.5. The summed E-state index contributed by atoms with van der Waals surface area (Å²) in [5, 5.41) is 10.8. The Morgan fingerprint density at radius 3 is 2.73 bits per heavy atom. The lowest BCUT2D eigenvalue weighted by Gasteiger charge is -2.47. The molecule has 2 fully saturated rings. The van der Waals surface area contributed by atoms with E-state index in [1.807, 2.05) is 6.92 Å². The summed E-state index contributed by atoms with van der Waals surface area (Å²) in [6.45, 7) is 4.43. The van der Waals surface area contributed by atoms with Gasteiger partial charge in [0.25, 0.3) is 0 Å². The Morgan fingerprint density at radius 2 is 2.20 bits per heavy atom. The molecule has 0 aromatic carbocycles. The predicted octanol–water partition coefficient (Wildman–Crippen LogP) is 0.282. The molecule has 88 valence electrons. The van der Waals surface area contributed by atoms with Crippen molar-refractivity contribution < 1.29 is 14.6 Å². The molecule has 0 aromatic rings. The molecule has 15 heavy (non-hydrogen) atoms. The molecule has 3 N–H and O–H groups in total. The topological polar surface area (TPSA) is 64.7 Å². The fourth-order valence-electron chi connectivity index (χ4n) is 2.87. The van der Waals surface area contributed by atoms with Crippen LogP contribution in [0.25, 0.3) is 0 Å². The van der Waals surface area contributed by atoms with E-state index in [4.69, 9.17) is 15.2 Å². The quantitative estimate of drug-likeness (QED) is 0.694. The van der Waals surface area contributed by atoms with Crippen LogP contribution in [0.3, 0.4) is 0 Å². The average molecular weight is 215 g/mol. The minimum atomic E-state index is -0.698. The molecule has 3 atom stereocenters. The van der Waals surface area contributed by atoms with E-state index < -0.39 is 5.60 Å². The van der Waals surface area contributed by atoms with Crippen LogP contribution < -0.4 is 5.73 Å². The number of rotatable bonds is 2. The molecule has 0 aliphatic carbocycles. The highest BCUT2D eigenvalue weighted by Crippen LogP contribution is 2.45. The summed E-state index contributed by atoms with van der Waals surface area (Å²) in [4.78, 5) is 0. The maximum atomic E-state index is 10.8. The van der Waals surface area contributed by atoms with Gasteiger partial charge in [-0.25, -0.2) is 0 Å². The monoisotopic (exact) mass is 215 g/mol. The number of hydrogen-bond acceptors (Lipinski definition) is 4. The van der Waals surface area contributed by atoms with Gasteiger partial charge in [-0.15, -0.1) is 0 Å². The van der Waals surface area contributed by atoms with Crippen LogP contribution in [0.15, 0.2) is 0 Å². The van der Waals surface area contributed by atoms with Crippen LogP contribution in [-0.2, 0) is 9.47 Å². The first-order chi connectivity index (χ1) is 7.12. The second kappa shape index (κ2) is 4.01. The predicted molar refractivity (Wildman–Crippen MR) is 56.5 cm³/mol. The molecule has 0 radical (unpaired) electrons. The largest absolute Gasteiger partial charge is 0.389 e. The van der Waals surface area contributed by atoms with Crippen molar-refractivity contribution in [1.29, 1.82) is 0 Å². The first-order valence-electron chi connectivity index (χ1n) is 5.74. The van der Waals surface area contributed by atoms with Crippen LogP contribution in [0.4, 0.5) is 0 Å². The molecule has 4 nitrogen and oxygen atoms in total. The van der Waals surface area contributed by atoms with E-state index in [9.17, 15) is 5.11 Å². The first kappa shape index (κ1) is 11.3. The van der Waals surface area contributed by atoms with Crippen molar-refractivity contribution in [1.82, 2.24) is 0 Å². The van der Waals surface area contributed by atoms with Crippen LogP contribution in [0.2, 0.25) is 0 Å². The molecule has 2 rings (SSSR count). The fraction of sp³-hybridized carbons (Fsp3) is 1.00. The average Bonchev–Trinajstić information content (AvgIpc) is 2.67. The second-order valence-corrected chi connectivity index (χ2v) is 4.95. The van der Waals surface area contributed by atoms with Gasteiger partial charge in [0.05, 0.1) is 18.3 Å². The van der Waals surface area contributed by atoms with Crippen LogP contribution in [0.5, 0.6) is 0 Å². The Balaban J connectivity index is 2.17. The molecule has 0 bridgehead atoms. The van der Waals surface area contributed by atoms with Crippen molar-refractivity contribution in [2.75, 3.05) is 26.4 Å².